The van der Waals surface area contributed by atoms with E-state index in [-0.39, 0.29) is 31.1 Å². The lowest BCUT2D eigenvalue weighted by Crippen LogP contribution is -2.33. The molecule has 1 saturated heterocycles. The molecule has 0 aliphatic carbocycles. The van der Waals surface area contributed by atoms with E-state index in [4.69, 9.17) is 9.47 Å². The summed E-state index contributed by atoms with van der Waals surface area (Å²) in [6.45, 7) is 0.494. The highest BCUT2D eigenvalue weighted by atomic mass is 19.1. The molecular weight excluding hydrogens is 285 g/mol. The standard InChI is InChI=1S/C17H16FNO3/c18-14-8-4-5-9-15(14)21-11-17(20)19-10-16(22-12-19)13-6-2-1-3-7-13/h1-9,16H,10-12H2. The van der Waals surface area contributed by atoms with Crippen LogP contribution in [0.25, 0.3) is 0 Å². The summed E-state index contributed by atoms with van der Waals surface area (Å²) in [5.74, 6) is -0.618. The van der Waals surface area contributed by atoms with E-state index in [2.05, 4.69) is 0 Å². The zero-order chi connectivity index (χ0) is 15.4. The molecule has 1 amide bonds. The summed E-state index contributed by atoms with van der Waals surface area (Å²) in [7, 11) is 0. The zero-order valence-electron chi connectivity index (χ0n) is 11.9. The number of rotatable bonds is 4. The molecule has 1 fully saturated rings. The van der Waals surface area contributed by atoms with Crippen LogP contribution >= 0.6 is 0 Å². The number of hydrogen-bond acceptors (Lipinski definition) is 3. The van der Waals surface area contributed by atoms with Crippen LogP contribution in [0.2, 0.25) is 0 Å². The minimum atomic E-state index is -0.477. The SMILES string of the molecule is O=C(COc1ccccc1F)N1COC(c2ccccc2)C1. The van der Waals surface area contributed by atoms with E-state index in [0.717, 1.165) is 5.56 Å². The molecule has 2 aromatic carbocycles. The van der Waals surface area contributed by atoms with Gasteiger partial charge in [0.25, 0.3) is 5.91 Å². The molecule has 1 aliphatic rings. The Bertz CT molecular complexity index is 647. The lowest BCUT2D eigenvalue weighted by atomic mass is 10.1. The topological polar surface area (TPSA) is 38.8 Å². The van der Waals surface area contributed by atoms with Crippen LogP contribution in [0.1, 0.15) is 11.7 Å². The fourth-order valence-corrected chi connectivity index (χ4v) is 2.32. The minimum Gasteiger partial charge on any atom is -0.481 e. The third kappa shape index (κ3) is 3.26. The smallest absolute Gasteiger partial charge is 0.262 e. The number of halogens is 1. The second-order valence-corrected chi connectivity index (χ2v) is 5.03. The van der Waals surface area contributed by atoms with Crippen LogP contribution in [0.3, 0.4) is 0 Å². The van der Waals surface area contributed by atoms with Gasteiger partial charge in [0.2, 0.25) is 0 Å². The van der Waals surface area contributed by atoms with Crippen molar-refractivity contribution in [2.24, 2.45) is 0 Å². The highest BCUT2D eigenvalue weighted by Gasteiger charge is 2.28. The van der Waals surface area contributed by atoms with Gasteiger partial charge in [-0.25, -0.2) is 4.39 Å². The molecule has 2 aromatic rings. The van der Waals surface area contributed by atoms with Crippen molar-refractivity contribution in [3.05, 3.63) is 66.0 Å². The number of hydrogen-bond donors (Lipinski definition) is 0. The second-order valence-electron chi connectivity index (χ2n) is 5.03. The first-order valence-corrected chi connectivity index (χ1v) is 7.05. The first kappa shape index (κ1) is 14.5. The number of nitrogens with zero attached hydrogens (tertiary/aromatic N) is 1. The molecule has 114 valence electrons. The summed E-state index contributed by atoms with van der Waals surface area (Å²) < 4.78 is 24.3. The lowest BCUT2D eigenvalue weighted by molar-refractivity contribution is -0.133. The predicted molar refractivity (Wildman–Crippen MR) is 78.7 cm³/mol. The Morgan fingerprint density at radius 2 is 1.91 bits per heavy atom. The summed E-state index contributed by atoms with van der Waals surface area (Å²) in [5, 5.41) is 0. The number of carbonyl (C=O) groups excluding carboxylic acids is 1. The van der Waals surface area contributed by atoms with Crippen LogP contribution in [0, 0.1) is 5.82 Å². The number of carbonyl (C=O) groups is 1. The van der Waals surface area contributed by atoms with Crippen molar-refractivity contribution in [1.29, 1.82) is 0 Å². The average molecular weight is 301 g/mol. The van der Waals surface area contributed by atoms with Crippen molar-refractivity contribution < 1.29 is 18.7 Å². The maximum atomic E-state index is 13.4. The van der Waals surface area contributed by atoms with Crippen molar-refractivity contribution in [2.45, 2.75) is 6.10 Å². The van der Waals surface area contributed by atoms with E-state index >= 15 is 0 Å². The number of para-hydroxylation sites is 1. The Balaban J connectivity index is 1.55. The molecule has 1 atom stereocenters. The molecule has 22 heavy (non-hydrogen) atoms. The normalized spacial score (nSPS) is 17.5. The molecule has 1 unspecified atom stereocenters. The molecule has 1 heterocycles. The van der Waals surface area contributed by atoms with E-state index in [1.54, 1.807) is 17.0 Å². The molecule has 0 radical (unpaired) electrons. The van der Waals surface area contributed by atoms with Gasteiger partial charge in [0.1, 0.15) is 12.8 Å². The van der Waals surface area contributed by atoms with E-state index < -0.39 is 5.82 Å². The second kappa shape index (κ2) is 6.58. The number of benzene rings is 2. The molecule has 4 nitrogen and oxygen atoms in total. The quantitative estimate of drug-likeness (QED) is 0.871. The summed E-state index contributed by atoms with van der Waals surface area (Å²) in [4.78, 5) is 13.7. The van der Waals surface area contributed by atoms with Gasteiger partial charge < -0.3 is 14.4 Å². The van der Waals surface area contributed by atoms with Gasteiger partial charge in [-0.3, -0.25) is 4.79 Å². The first-order valence-electron chi connectivity index (χ1n) is 7.05. The first-order chi connectivity index (χ1) is 10.7. The molecule has 1 aliphatic heterocycles. The van der Waals surface area contributed by atoms with E-state index in [1.807, 2.05) is 30.3 Å². The Morgan fingerprint density at radius 1 is 1.18 bits per heavy atom. The van der Waals surface area contributed by atoms with Gasteiger partial charge in [-0.2, -0.15) is 0 Å². The highest BCUT2D eigenvalue weighted by Crippen LogP contribution is 2.24. The Morgan fingerprint density at radius 3 is 2.68 bits per heavy atom. The minimum absolute atomic E-state index is 0.0792. The van der Waals surface area contributed by atoms with Crippen molar-refractivity contribution in [2.75, 3.05) is 19.9 Å². The van der Waals surface area contributed by atoms with Crippen molar-refractivity contribution >= 4 is 5.91 Å². The Hall–Kier alpha value is -2.40. The van der Waals surface area contributed by atoms with Gasteiger partial charge in [-0.05, 0) is 17.7 Å². The molecule has 3 rings (SSSR count). The summed E-state index contributed by atoms with van der Waals surface area (Å²) in [5.41, 5.74) is 1.04. The van der Waals surface area contributed by atoms with Gasteiger partial charge >= 0.3 is 0 Å². The third-order valence-corrected chi connectivity index (χ3v) is 3.53. The third-order valence-electron chi connectivity index (χ3n) is 3.53. The fourth-order valence-electron chi connectivity index (χ4n) is 2.32. The van der Waals surface area contributed by atoms with Crippen LogP contribution in [0.5, 0.6) is 5.75 Å². The van der Waals surface area contributed by atoms with Crippen molar-refractivity contribution in [1.82, 2.24) is 4.90 Å². The van der Waals surface area contributed by atoms with Gasteiger partial charge in [-0.1, -0.05) is 42.5 Å². The predicted octanol–water partition coefficient (Wildman–Crippen LogP) is 2.76. The van der Waals surface area contributed by atoms with Gasteiger partial charge in [0.15, 0.2) is 18.2 Å². The van der Waals surface area contributed by atoms with Crippen LogP contribution in [-0.2, 0) is 9.53 Å². The average Bonchev–Trinajstić information content (AvgIpc) is 3.05. The van der Waals surface area contributed by atoms with Gasteiger partial charge in [0, 0.05) is 0 Å². The largest absolute Gasteiger partial charge is 0.481 e. The summed E-state index contributed by atoms with van der Waals surface area (Å²) in [6.07, 6.45) is -0.126. The molecule has 0 spiro atoms. The van der Waals surface area contributed by atoms with Gasteiger partial charge in [-0.15, -0.1) is 0 Å². The fraction of sp³-hybridized carbons (Fsp3) is 0.235. The molecule has 0 aromatic heterocycles. The zero-order valence-corrected chi connectivity index (χ0v) is 11.9. The highest BCUT2D eigenvalue weighted by molar-refractivity contribution is 5.78. The van der Waals surface area contributed by atoms with Crippen LogP contribution in [-0.4, -0.2) is 30.7 Å². The van der Waals surface area contributed by atoms with Crippen molar-refractivity contribution in [3.8, 4) is 5.75 Å². The van der Waals surface area contributed by atoms with Crippen LogP contribution in [0.15, 0.2) is 54.6 Å². The summed E-state index contributed by atoms with van der Waals surface area (Å²) in [6, 6.07) is 15.8. The monoisotopic (exact) mass is 301 g/mol. The maximum absolute atomic E-state index is 13.4. The van der Waals surface area contributed by atoms with Crippen molar-refractivity contribution in [3.63, 3.8) is 0 Å². The Kier molecular flexibility index (Phi) is 4.34. The van der Waals surface area contributed by atoms with E-state index in [9.17, 15) is 9.18 Å². The summed E-state index contributed by atoms with van der Waals surface area (Å²) >= 11 is 0. The van der Waals surface area contributed by atoms with E-state index in [0.29, 0.717) is 6.54 Å². The maximum Gasteiger partial charge on any atom is 0.262 e. The molecule has 0 bridgehead atoms. The van der Waals surface area contributed by atoms with E-state index in [1.165, 1.54) is 12.1 Å². The Labute approximate surface area is 128 Å². The number of ether oxygens (including phenoxy) is 2. The molecule has 0 N–H and O–H groups in total. The molecule has 5 heteroatoms. The lowest BCUT2D eigenvalue weighted by Gasteiger charge is -2.15. The molecule has 0 saturated carbocycles. The van der Waals surface area contributed by atoms with Gasteiger partial charge in [0.05, 0.1) is 6.54 Å². The number of amides is 1. The van der Waals surface area contributed by atoms with Crippen LogP contribution in [0.4, 0.5) is 4.39 Å². The molecular formula is C17H16FNO3. The van der Waals surface area contributed by atoms with Crippen LogP contribution < -0.4 is 4.74 Å².